The zero-order valence-corrected chi connectivity index (χ0v) is 16.9. The van der Waals surface area contributed by atoms with E-state index in [9.17, 15) is 4.79 Å². The van der Waals surface area contributed by atoms with E-state index in [0.717, 1.165) is 27.6 Å². The first kappa shape index (κ1) is 18.6. The molecule has 0 bridgehead atoms. The Morgan fingerprint density at radius 3 is 2.64 bits per heavy atom. The van der Waals surface area contributed by atoms with Crippen LogP contribution in [0, 0.1) is 6.92 Å². The first-order valence-corrected chi connectivity index (χ1v) is 9.86. The van der Waals surface area contributed by atoms with E-state index in [1.807, 2.05) is 61.5 Å². The zero-order chi connectivity index (χ0) is 19.7. The van der Waals surface area contributed by atoms with Crippen LogP contribution in [-0.4, -0.2) is 18.2 Å². The molecule has 3 aromatic rings. The van der Waals surface area contributed by atoms with Crippen LogP contribution in [-0.2, 0) is 4.79 Å². The molecule has 1 N–H and O–H groups in total. The smallest absolute Gasteiger partial charge is 0.264 e. The number of methoxy groups -OCH3 is 1. The summed E-state index contributed by atoms with van der Waals surface area (Å²) in [5.41, 5.74) is 2.64. The Morgan fingerprint density at radius 1 is 1.11 bits per heavy atom. The lowest BCUT2D eigenvalue weighted by Gasteiger charge is -2.08. The van der Waals surface area contributed by atoms with Gasteiger partial charge in [0.15, 0.2) is 5.17 Å². The Bertz CT molecular complexity index is 1150. The second-order valence-corrected chi connectivity index (χ2v) is 7.76. The summed E-state index contributed by atoms with van der Waals surface area (Å²) in [5.74, 6) is 0.640. The zero-order valence-electron chi connectivity index (χ0n) is 15.3. The largest absolute Gasteiger partial charge is 0.496 e. The number of amidine groups is 1. The number of fused-ring (bicyclic) bond motifs is 1. The normalized spacial score (nSPS) is 16.8. The van der Waals surface area contributed by atoms with Gasteiger partial charge in [0.2, 0.25) is 0 Å². The lowest BCUT2D eigenvalue weighted by molar-refractivity contribution is -0.115. The number of amides is 1. The van der Waals surface area contributed by atoms with Gasteiger partial charge in [-0.2, -0.15) is 0 Å². The lowest BCUT2D eigenvalue weighted by atomic mass is 10.0. The first-order valence-electron chi connectivity index (χ1n) is 8.66. The van der Waals surface area contributed by atoms with E-state index in [2.05, 4.69) is 10.3 Å². The number of rotatable bonds is 3. The van der Waals surface area contributed by atoms with E-state index in [4.69, 9.17) is 16.3 Å². The summed E-state index contributed by atoms with van der Waals surface area (Å²) in [4.78, 5) is 17.5. The fraction of sp³-hybridized carbons (Fsp3) is 0.0909. The molecule has 1 saturated heterocycles. The van der Waals surface area contributed by atoms with Crippen LogP contribution in [0.4, 0.5) is 5.69 Å². The predicted octanol–water partition coefficient (Wildman–Crippen LogP) is 5.70. The number of carbonyl (C=O) groups excluding carboxylic acids is 1. The quantitative estimate of drug-likeness (QED) is 0.565. The fourth-order valence-electron chi connectivity index (χ4n) is 2.99. The van der Waals surface area contributed by atoms with Gasteiger partial charge in [-0.25, -0.2) is 4.99 Å². The van der Waals surface area contributed by atoms with E-state index in [0.29, 0.717) is 20.8 Å². The Kier molecular flexibility index (Phi) is 5.11. The van der Waals surface area contributed by atoms with Crippen molar-refractivity contribution < 1.29 is 9.53 Å². The molecule has 6 heteroatoms. The number of hydrogen-bond acceptors (Lipinski definition) is 4. The van der Waals surface area contributed by atoms with Crippen LogP contribution in [0.2, 0.25) is 5.02 Å². The van der Waals surface area contributed by atoms with Crippen LogP contribution in [0.3, 0.4) is 0 Å². The van der Waals surface area contributed by atoms with Crippen molar-refractivity contribution in [2.75, 3.05) is 7.11 Å². The van der Waals surface area contributed by atoms with Crippen LogP contribution in [0.15, 0.2) is 64.5 Å². The fourth-order valence-corrected chi connectivity index (χ4v) is 4.00. The van der Waals surface area contributed by atoms with Crippen molar-refractivity contribution in [2.45, 2.75) is 6.92 Å². The van der Waals surface area contributed by atoms with Crippen molar-refractivity contribution in [3.63, 3.8) is 0 Å². The standard InChI is InChI=1S/C22H17ClN2O2S/c1-13-7-9-15(12-18(13)23)24-22-25-21(26)20(28-22)11-14-8-10-19(27-2)17-6-4-3-5-16(14)17/h3-12H,1-2H3,(H,24,25,26). The minimum absolute atomic E-state index is 0.165. The molecular formula is C22H17ClN2O2S. The Labute approximate surface area is 172 Å². The van der Waals surface area contributed by atoms with Gasteiger partial charge in [-0.15, -0.1) is 0 Å². The third-order valence-electron chi connectivity index (χ3n) is 4.46. The van der Waals surface area contributed by atoms with Gasteiger partial charge in [0.25, 0.3) is 5.91 Å². The monoisotopic (exact) mass is 408 g/mol. The van der Waals surface area contributed by atoms with Crippen LogP contribution in [0.1, 0.15) is 11.1 Å². The molecule has 28 heavy (non-hydrogen) atoms. The van der Waals surface area contributed by atoms with Gasteiger partial charge in [-0.1, -0.05) is 48.0 Å². The summed E-state index contributed by atoms with van der Waals surface area (Å²) in [7, 11) is 1.65. The van der Waals surface area contributed by atoms with Gasteiger partial charge in [0.1, 0.15) is 5.75 Å². The molecule has 1 fully saturated rings. The highest BCUT2D eigenvalue weighted by molar-refractivity contribution is 8.18. The van der Waals surface area contributed by atoms with E-state index < -0.39 is 0 Å². The summed E-state index contributed by atoms with van der Waals surface area (Å²) in [6, 6.07) is 17.4. The van der Waals surface area contributed by atoms with Crippen LogP contribution >= 0.6 is 23.4 Å². The number of aryl methyl sites for hydroxylation is 1. The molecule has 0 aromatic heterocycles. The van der Waals surface area contributed by atoms with E-state index in [1.165, 1.54) is 11.8 Å². The molecule has 0 aliphatic carbocycles. The number of nitrogens with one attached hydrogen (secondary N) is 1. The number of thioether (sulfide) groups is 1. The summed E-state index contributed by atoms with van der Waals surface area (Å²) in [6.07, 6.45) is 1.88. The Balaban J connectivity index is 1.68. The molecule has 0 spiro atoms. The molecule has 0 saturated carbocycles. The number of hydrogen-bond donors (Lipinski definition) is 1. The number of benzene rings is 3. The number of carbonyl (C=O) groups is 1. The van der Waals surface area contributed by atoms with Crippen molar-refractivity contribution in [1.29, 1.82) is 0 Å². The molecule has 4 rings (SSSR count). The highest BCUT2D eigenvalue weighted by Crippen LogP contribution is 2.33. The summed E-state index contributed by atoms with van der Waals surface area (Å²) >= 11 is 7.47. The van der Waals surface area contributed by atoms with E-state index >= 15 is 0 Å². The predicted molar refractivity (Wildman–Crippen MR) is 117 cm³/mol. The molecule has 0 atom stereocenters. The van der Waals surface area contributed by atoms with Crippen molar-refractivity contribution in [2.24, 2.45) is 4.99 Å². The van der Waals surface area contributed by atoms with Gasteiger partial charge in [-0.05, 0) is 59.5 Å². The maximum absolute atomic E-state index is 12.4. The molecule has 0 radical (unpaired) electrons. The van der Waals surface area contributed by atoms with Crippen molar-refractivity contribution >= 4 is 57.0 Å². The van der Waals surface area contributed by atoms with Gasteiger partial charge < -0.3 is 10.1 Å². The molecule has 1 heterocycles. The molecular weight excluding hydrogens is 392 g/mol. The lowest BCUT2D eigenvalue weighted by Crippen LogP contribution is -2.19. The van der Waals surface area contributed by atoms with Gasteiger partial charge in [0, 0.05) is 10.4 Å². The second kappa shape index (κ2) is 7.70. The maximum Gasteiger partial charge on any atom is 0.264 e. The third-order valence-corrected chi connectivity index (χ3v) is 5.78. The van der Waals surface area contributed by atoms with Crippen molar-refractivity contribution in [3.8, 4) is 5.75 Å². The van der Waals surface area contributed by atoms with Crippen molar-refractivity contribution in [1.82, 2.24) is 5.32 Å². The van der Waals surface area contributed by atoms with E-state index in [1.54, 1.807) is 13.2 Å². The molecule has 1 amide bonds. The van der Waals surface area contributed by atoms with Crippen molar-refractivity contribution in [3.05, 3.63) is 75.7 Å². The minimum atomic E-state index is -0.165. The Hall–Kier alpha value is -2.76. The molecule has 1 aliphatic heterocycles. The third kappa shape index (κ3) is 3.63. The average Bonchev–Trinajstić information content (AvgIpc) is 3.04. The van der Waals surface area contributed by atoms with Crippen LogP contribution < -0.4 is 10.1 Å². The average molecular weight is 409 g/mol. The number of aliphatic imine (C=N–C) groups is 1. The highest BCUT2D eigenvalue weighted by atomic mass is 35.5. The van der Waals surface area contributed by atoms with Crippen LogP contribution in [0.25, 0.3) is 16.8 Å². The first-order chi connectivity index (χ1) is 13.5. The van der Waals surface area contributed by atoms with Crippen LogP contribution in [0.5, 0.6) is 5.75 Å². The minimum Gasteiger partial charge on any atom is -0.496 e. The molecule has 3 aromatic carbocycles. The summed E-state index contributed by atoms with van der Waals surface area (Å²) in [5, 5.41) is 6.03. The number of halogens is 1. The van der Waals surface area contributed by atoms with Gasteiger partial charge >= 0.3 is 0 Å². The molecule has 140 valence electrons. The van der Waals surface area contributed by atoms with Gasteiger partial charge in [0.05, 0.1) is 17.7 Å². The molecule has 4 nitrogen and oxygen atoms in total. The number of nitrogens with zero attached hydrogens (tertiary/aromatic N) is 1. The Morgan fingerprint density at radius 2 is 1.89 bits per heavy atom. The highest BCUT2D eigenvalue weighted by Gasteiger charge is 2.24. The summed E-state index contributed by atoms with van der Waals surface area (Å²) in [6.45, 7) is 1.94. The maximum atomic E-state index is 12.4. The topological polar surface area (TPSA) is 50.7 Å². The molecule has 1 aliphatic rings. The summed E-state index contributed by atoms with van der Waals surface area (Å²) < 4.78 is 5.44. The van der Waals surface area contributed by atoms with E-state index in [-0.39, 0.29) is 5.91 Å². The molecule has 0 unspecified atom stereocenters. The SMILES string of the molecule is COc1ccc(C=C2SC(=Nc3ccc(C)c(Cl)c3)NC2=O)c2ccccc12. The van der Waals surface area contributed by atoms with Gasteiger partial charge in [-0.3, -0.25) is 4.79 Å². The number of ether oxygens (including phenoxy) is 1. The second-order valence-electron chi connectivity index (χ2n) is 6.32.